The second kappa shape index (κ2) is 4.36. The third-order valence-electron chi connectivity index (χ3n) is 1.71. The Balaban J connectivity index is 3.04. The molecule has 0 aliphatic heterocycles. The van der Waals surface area contributed by atoms with Crippen LogP contribution in [0.1, 0.15) is 22.8 Å². The van der Waals surface area contributed by atoms with Gasteiger partial charge in [0.1, 0.15) is 0 Å². The van der Waals surface area contributed by atoms with E-state index in [2.05, 4.69) is 20.9 Å². The molecule has 0 saturated heterocycles. The second-order valence-corrected chi connectivity index (χ2v) is 3.00. The summed E-state index contributed by atoms with van der Waals surface area (Å²) >= 11 is 3.14. The molecule has 1 aromatic rings. The molecule has 0 fully saturated rings. The van der Waals surface area contributed by atoms with Crippen LogP contribution in [0.4, 0.5) is 0 Å². The summed E-state index contributed by atoms with van der Waals surface area (Å²) in [5.41, 5.74) is 1.80. The van der Waals surface area contributed by atoms with E-state index in [1.165, 1.54) is 0 Å². The van der Waals surface area contributed by atoms with Gasteiger partial charge < -0.3 is 0 Å². The Bertz CT molecular complexity index is 286. The zero-order valence-electron chi connectivity index (χ0n) is 6.88. The first kappa shape index (κ1) is 9.39. The van der Waals surface area contributed by atoms with Gasteiger partial charge in [-0.3, -0.25) is 9.78 Å². The van der Waals surface area contributed by atoms with Crippen molar-refractivity contribution in [2.24, 2.45) is 0 Å². The normalized spacial score (nSPS) is 9.83. The van der Waals surface area contributed by atoms with Gasteiger partial charge in [0.05, 0.1) is 5.33 Å². The average molecular weight is 228 g/mol. The van der Waals surface area contributed by atoms with E-state index in [-0.39, 0.29) is 5.78 Å². The Morgan fingerprint density at radius 2 is 2.42 bits per heavy atom. The third-order valence-corrected chi connectivity index (χ3v) is 2.22. The maximum absolute atomic E-state index is 11.3. The van der Waals surface area contributed by atoms with Crippen LogP contribution < -0.4 is 0 Å². The number of ketones is 1. The molecule has 1 heterocycles. The van der Waals surface area contributed by atoms with Crippen LogP contribution in [0.3, 0.4) is 0 Å². The number of aromatic nitrogens is 1. The number of alkyl halides is 1. The molecule has 0 spiro atoms. The van der Waals surface area contributed by atoms with Crippen molar-refractivity contribution in [3.05, 3.63) is 29.6 Å². The predicted molar refractivity (Wildman–Crippen MR) is 51.7 cm³/mol. The number of hydrogen-bond acceptors (Lipinski definition) is 2. The molecule has 1 aromatic heterocycles. The van der Waals surface area contributed by atoms with E-state index >= 15 is 0 Å². The van der Waals surface area contributed by atoms with E-state index in [4.69, 9.17) is 0 Å². The summed E-state index contributed by atoms with van der Waals surface area (Å²) < 4.78 is 0. The molecule has 0 aliphatic carbocycles. The largest absolute Gasteiger partial charge is 0.293 e. The number of Topliss-reactive ketones (excluding diaryl/α,β-unsaturated/α-hetero) is 1. The lowest BCUT2D eigenvalue weighted by Gasteiger charge is -2.02. The molecule has 0 saturated carbocycles. The molecule has 64 valence electrons. The van der Waals surface area contributed by atoms with E-state index in [9.17, 15) is 4.79 Å². The van der Waals surface area contributed by atoms with Crippen LogP contribution in [0.2, 0.25) is 0 Å². The molecule has 1 rings (SSSR count). The highest BCUT2D eigenvalue weighted by molar-refractivity contribution is 9.09. The minimum absolute atomic E-state index is 0.120. The van der Waals surface area contributed by atoms with E-state index in [1.54, 1.807) is 18.5 Å². The van der Waals surface area contributed by atoms with Gasteiger partial charge in [0.15, 0.2) is 5.78 Å². The molecule has 2 nitrogen and oxygen atoms in total. The molecule has 0 radical (unpaired) electrons. The monoisotopic (exact) mass is 227 g/mol. The molecule has 0 bridgehead atoms. The average Bonchev–Trinajstić information content (AvgIpc) is 2.16. The smallest absolute Gasteiger partial charge is 0.173 e. The Labute approximate surface area is 80.1 Å². The Kier molecular flexibility index (Phi) is 3.41. The van der Waals surface area contributed by atoms with Gasteiger partial charge in [-0.1, -0.05) is 22.9 Å². The van der Waals surface area contributed by atoms with Crippen LogP contribution in [0.5, 0.6) is 0 Å². The molecule has 3 heteroatoms. The zero-order valence-corrected chi connectivity index (χ0v) is 8.47. The van der Waals surface area contributed by atoms with Crippen LogP contribution in [0.25, 0.3) is 0 Å². The lowest BCUT2D eigenvalue weighted by molar-refractivity contribution is 0.102. The topological polar surface area (TPSA) is 30.0 Å². The van der Waals surface area contributed by atoms with Gasteiger partial charge in [-0.25, -0.2) is 0 Å². The van der Waals surface area contributed by atoms with Gasteiger partial charge >= 0.3 is 0 Å². The minimum Gasteiger partial charge on any atom is -0.293 e. The van der Waals surface area contributed by atoms with Crippen LogP contribution in [-0.4, -0.2) is 16.1 Å². The Morgan fingerprint density at radius 3 is 3.00 bits per heavy atom. The van der Waals surface area contributed by atoms with Crippen molar-refractivity contribution < 1.29 is 4.79 Å². The number of nitrogens with zero attached hydrogens (tertiary/aromatic N) is 1. The molecule has 0 amide bonds. The van der Waals surface area contributed by atoms with Crippen molar-refractivity contribution in [1.82, 2.24) is 4.98 Å². The molecule has 12 heavy (non-hydrogen) atoms. The second-order valence-electron chi connectivity index (χ2n) is 2.44. The van der Waals surface area contributed by atoms with Crippen molar-refractivity contribution in [2.75, 3.05) is 5.33 Å². The number of carbonyl (C=O) groups is 1. The lowest BCUT2D eigenvalue weighted by atomic mass is 10.1. The summed E-state index contributed by atoms with van der Waals surface area (Å²) in [4.78, 5) is 15.3. The molecule has 0 unspecified atom stereocenters. The molecule has 0 atom stereocenters. The fourth-order valence-corrected chi connectivity index (χ4v) is 1.35. The first-order chi connectivity index (χ1) is 5.79. The Morgan fingerprint density at radius 1 is 1.67 bits per heavy atom. The summed E-state index contributed by atoms with van der Waals surface area (Å²) in [5.74, 6) is 0.120. The SMILES string of the molecule is CCc1cnccc1C(=O)CBr. The first-order valence-corrected chi connectivity index (χ1v) is 4.93. The lowest BCUT2D eigenvalue weighted by Crippen LogP contribution is -2.04. The van der Waals surface area contributed by atoms with Gasteiger partial charge in [0.25, 0.3) is 0 Å². The quantitative estimate of drug-likeness (QED) is 0.586. The van der Waals surface area contributed by atoms with Crippen molar-refractivity contribution in [3.8, 4) is 0 Å². The molecular formula is C9H10BrNO. The predicted octanol–water partition coefficient (Wildman–Crippen LogP) is 2.22. The van der Waals surface area contributed by atoms with E-state index in [0.29, 0.717) is 5.33 Å². The van der Waals surface area contributed by atoms with Crippen LogP contribution in [0.15, 0.2) is 18.5 Å². The maximum Gasteiger partial charge on any atom is 0.173 e. The molecule has 0 aromatic carbocycles. The number of hydrogen-bond donors (Lipinski definition) is 0. The van der Waals surface area contributed by atoms with Crippen LogP contribution in [-0.2, 0) is 6.42 Å². The van der Waals surface area contributed by atoms with E-state index in [0.717, 1.165) is 17.5 Å². The highest BCUT2D eigenvalue weighted by Crippen LogP contribution is 2.09. The van der Waals surface area contributed by atoms with Crippen molar-refractivity contribution in [3.63, 3.8) is 0 Å². The first-order valence-electron chi connectivity index (χ1n) is 3.81. The summed E-state index contributed by atoms with van der Waals surface area (Å²) in [6, 6.07) is 1.77. The number of rotatable bonds is 3. The number of carbonyl (C=O) groups excluding carboxylic acids is 1. The minimum atomic E-state index is 0.120. The van der Waals surface area contributed by atoms with E-state index < -0.39 is 0 Å². The summed E-state index contributed by atoms with van der Waals surface area (Å²) in [5, 5.41) is 0.379. The van der Waals surface area contributed by atoms with E-state index in [1.807, 2.05) is 6.92 Å². The standard InChI is InChI=1S/C9H10BrNO/c1-2-7-6-11-4-3-8(7)9(12)5-10/h3-4,6H,2,5H2,1H3. The third kappa shape index (κ3) is 1.91. The van der Waals surface area contributed by atoms with Crippen molar-refractivity contribution in [1.29, 1.82) is 0 Å². The highest BCUT2D eigenvalue weighted by Gasteiger charge is 2.07. The molecule has 0 aliphatic rings. The van der Waals surface area contributed by atoms with Gasteiger partial charge in [0, 0.05) is 18.0 Å². The fraction of sp³-hybridized carbons (Fsp3) is 0.333. The van der Waals surface area contributed by atoms with Gasteiger partial charge in [-0.15, -0.1) is 0 Å². The summed E-state index contributed by atoms with van der Waals surface area (Å²) in [7, 11) is 0. The fourth-order valence-electron chi connectivity index (χ4n) is 1.05. The number of aryl methyl sites for hydroxylation is 1. The van der Waals surface area contributed by atoms with Crippen LogP contribution >= 0.6 is 15.9 Å². The highest BCUT2D eigenvalue weighted by atomic mass is 79.9. The summed E-state index contributed by atoms with van der Waals surface area (Å²) in [6.45, 7) is 2.02. The van der Waals surface area contributed by atoms with Gasteiger partial charge in [0.2, 0.25) is 0 Å². The number of pyridine rings is 1. The number of halogens is 1. The molecule has 0 N–H and O–H groups in total. The van der Waals surface area contributed by atoms with Gasteiger partial charge in [-0.2, -0.15) is 0 Å². The molecular weight excluding hydrogens is 218 g/mol. The van der Waals surface area contributed by atoms with Crippen LogP contribution in [0, 0.1) is 0 Å². The maximum atomic E-state index is 11.3. The van der Waals surface area contributed by atoms with Crippen molar-refractivity contribution >= 4 is 21.7 Å². The Hall–Kier alpha value is -0.700. The van der Waals surface area contributed by atoms with Gasteiger partial charge in [-0.05, 0) is 18.1 Å². The zero-order chi connectivity index (χ0) is 8.97. The van der Waals surface area contributed by atoms with Crippen molar-refractivity contribution in [2.45, 2.75) is 13.3 Å². The summed E-state index contributed by atoms with van der Waals surface area (Å²) in [6.07, 6.45) is 4.24.